The Hall–Kier alpha value is -3.07. The maximum absolute atomic E-state index is 13.3. The first kappa shape index (κ1) is 24.1. The number of likely N-dealkylation sites (tertiary alicyclic amines) is 1. The Kier molecular flexibility index (Phi) is 8.05. The summed E-state index contributed by atoms with van der Waals surface area (Å²) in [6.07, 6.45) is 6.55. The number of rotatable bonds is 10. The number of fused-ring (bicyclic) bond motifs is 1. The zero-order valence-electron chi connectivity index (χ0n) is 19.4. The van der Waals surface area contributed by atoms with E-state index in [-0.39, 0.29) is 29.7 Å². The number of amides is 2. The molecular weight excluding hydrogens is 452 g/mol. The van der Waals surface area contributed by atoms with Gasteiger partial charge in [0.15, 0.2) is 5.16 Å². The molecule has 180 valence electrons. The lowest BCUT2D eigenvalue weighted by Crippen LogP contribution is -2.30. The lowest BCUT2D eigenvalue weighted by molar-refractivity contribution is -0.127. The maximum atomic E-state index is 13.3. The van der Waals surface area contributed by atoms with E-state index in [2.05, 4.69) is 12.2 Å². The highest BCUT2D eigenvalue weighted by Crippen LogP contribution is 2.21. The second-order valence-corrected chi connectivity index (χ2v) is 9.37. The van der Waals surface area contributed by atoms with Crippen molar-refractivity contribution in [3.63, 3.8) is 0 Å². The van der Waals surface area contributed by atoms with Gasteiger partial charge in [0.25, 0.3) is 11.5 Å². The van der Waals surface area contributed by atoms with Gasteiger partial charge in [-0.25, -0.2) is 4.98 Å². The van der Waals surface area contributed by atoms with Crippen molar-refractivity contribution in [1.82, 2.24) is 19.8 Å². The van der Waals surface area contributed by atoms with Crippen LogP contribution in [0.3, 0.4) is 0 Å². The Morgan fingerprint density at radius 3 is 2.74 bits per heavy atom. The summed E-state index contributed by atoms with van der Waals surface area (Å²) in [5.41, 5.74) is 0.733. The number of carbonyl (C=O) groups excluding carboxylic acids is 2. The number of nitrogens with one attached hydrogen (secondary N) is 1. The molecule has 1 fully saturated rings. The summed E-state index contributed by atoms with van der Waals surface area (Å²) in [7, 11) is 0. The quantitative estimate of drug-likeness (QED) is 0.268. The fraction of sp³-hybridized carbons (Fsp3) is 0.440. The van der Waals surface area contributed by atoms with E-state index in [1.54, 1.807) is 41.2 Å². The van der Waals surface area contributed by atoms with Crippen LogP contribution >= 0.6 is 11.8 Å². The molecule has 2 aromatic heterocycles. The number of furan rings is 1. The molecule has 2 amide bonds. The van der Waals surface area contributed by atoms with Gasteiger partial charge in [0.1, 0.15) is 5.76 Å². The predicted molar refractivity (Wildman–Crippen MR) is 132 cm³/mol. The third-order valence-corrected chi connectivity index (χ3v) is 6.92. The topological polar surface area (TPSA) is 97.4 Å². The number of carbonyl (C=O) groups is 2. The van der Waals surface area contributed by atoms with Crippen LogP contribution in [0.4, 0.5) is 0 Å². The Labute approximate surface area is 202 Å². The number of aromatic nitrogens is 2. The first-order valence-corrected chi connectivity index (χ1v) is 12.8. The molecule has 34 heavy (non-hydrogen) atoms. The zero-order chi connectivity index (χ0) is 23.9. The largest absolute Gasteiger partial charge is 0.467 e. The fourth-order valence-electron chi connectivity index (χ4n) is 4.04. The highest BCUT2D eigenvalue weighted by Gasteiger charge is 2.20. The molecule has 0 spiro atoms. The van der Waals surface area contributed by atoms with Gasteiger partial charge in [-0.05, 0) is 49.6 Å². The van der Waals surface area contributed by atoms with Gasteiger partial charge in [-0.1, -0.05) is 31.5 Å². The van der Waals surface area contributed by atoms with Gasteiger partial charge < -0.3 is 14.6 Å². The number of nitrogens with zero attached hydrogens (tertiary/aromatic N) is 3. The molecule has 1 aliphatic heterocycles. The summed E-state index contributed by atoms with van der Waals surface area (Å²) in [6, 6.07) is 8.49. The molecular formula is C25H30N4O4S. The van der Waals surface area contributed by atoms with E-state index in [0.29, 0.717) is 33.9 Å². The normalized spacial score (nSPS) is 13.5. The number of benzene rings is 1. The van der Waals surface area contributed by atoms with E-state index in [1.165, 1.54) is 11.8 Å². The minimum atomic E-state index is -0.273. The maximum Gasteiger partial charge on any atom is 0.262 e. The molecule has 8 nitrogen and oxygen atoms in total. The zero-order valence-corrected chi connectivity index (χ0v) is 20.2. The number of thioether (sulfide) groups is 1. The van der Waals surface area contributed by atoms with Crippen molar-refractivity contribution < 1.29 is 14.0 Å². The minimum Gasteiger partial charge on any atom is -0.467 e. The van der Waals surface area contributed by atoms with Crippen LogP contribution in [0.1, 0.15) is 55.1 Å². The monoisotopic (exact) mass is 482 g/mol. The molecule has 3 heterocycles. The van der Waals surface area contributed by atoms with Crippen LogP contribution in [-0.4, -0.2) is 45.1 Å². The molecule has 3 aromatic rings. The lowest BCUT2D eigenvalue weighted by atomic mass is 10.1. The van der Waals surface area contributed by atoms with Crippen molar-refractivity contribution in [3.8, 4) is 0 Å². The van der Waals surface area contributed by atoms with Crippen molar-refractivity contribution in [2.75, 3.05) is 18.8 Å². The Bertz CT molecular complexity index is 1200. The molecule has 9 heteroatoms. The highest BCUT2D eigenvalue weighted by molar-refractivity contribution is 7.99. The molecule has 1 N–H and O–H groups in total. The Morgan fingerprint density at radius 2 is 2.00 bits per heavy atom. The first-order chi connectivity index (χ1) is 16.6. The number of unbranched alkanes of at least 4 members (excludes halogenated alkanes) is 2. The molecule has 0 radical (unpaired) electrons. The molecule has 4 rings (SSSR count). The molecule has 0 bridgehead atoms. The molecule has 0 atom stereocenters. The van der Waals surface area contributed by atoms with Gasteiger partial charge in [-0.2, -0.15) is 0 Å². The van der Waals surface area contributed by atoms with Gasteiger partial charge in [-0.3, -0.25) is 19.0 Å². The van der Waals surface area contributed by atoms with Gasteiger partial charge in [0.2, 0.25) is 5.91 Å². The van der Waals surface area contributed by atoms with Crippen molar-refractivity contribution in [2.45, 2.75) is 57.3 Å². The molecule has 1 saturated heterocycles. The third kappa shape index (κ3) is 5.70. The van der Waals surface area contributed by atoms with E-state index in [4.69, 9.17) is 9.40 Å². The standard InChI is InChI=1S/C25H30N4O4S/c1-2-3-4-13-29-24(32)20-10-9-18(23(31)26-16-19-8-7-14-33-19)15-21(20)27-25(29)34-17-22(30)28-11-5-6-12-28/h7-10,14-15H,2-6,11-13,16-17H2,1H3,(H,26,31). The second-order valence-electron chi connectivity index (χ2n) is 8.43. The van der Waals surface area contributed by atoms with Crippen LogP contribution in [0.15, 0.2) is 51.0 Å². The van der Waals surface area contributed by atoms with Crippen LogP contribution in [-0.2, 0) is 17.9 Å². The average molecular weight is 483 g/mol. The summed E-state index contributed by atoms with van der Waals surface area (Å²) in [4.78, 5) is 45.1. The van der Waals surface area contributed by atoms with E-state index in [0.717, 1.165) is 45.2 Å². The van der Waals surface area contributed by atoms with Crippen molar-refractivity contribution in [2.24, 2.45) is 0 Å². The Balaban J connectivity index is 1.58. The fourth-order valence-corrected chi connectivity index (χ4v) is 4.96. The lowest BCUT2D eigenvalue weighted by Gasteiger charge is -2.16. The molecule has 1 aliphatic rings. The highest BCUT2D eigenvalue weighted by atomic mass is 32.2. The van der Waals surface area contributed by atoms with E-state index < -0.39 is 0 Å². The van der Waals surface area contributed by atoms with E-state index >= 15 is 0 Å². The Morgan fingerprint density at radius 1 is 1.18 bits per heavy atom. The summed E-state index contributed by atoms with van der Waals surface area (Å²) in [5, 5.41) is 3.80. The number of hydrogen-bond donors (Lipinski definition) is 1. The SMILES string of the molecule is CCCCCn1c(SCC(=O)N2CCCC2)nc2cc(C(=O)NCc3ccco3)ccc2c1=O. The second kappa shape index (κ2) is 11.4. The average Bonchev–Trinajstić information content (AvgIpc) is 3.57. The summed E-state index contributed by atoms with van der Waals surface area (Å²) in [5.74, 6) is 0.701. The first-order valence-electron chi connectivity index (χ1n) is 11.8. The predicted octanol–water partition coefficient (Wildman–Crippen LogP) is 3.82. The van der Waals surface area contributed by atoms with Gasteiger partial charge in [-0.15, -0.1) is 0 Å². The van der Waals surface area contributed by atoms with Crippen LogP contribution in [0.2, 0.25) is 0 Å². The van der Waals surface area contributed by atoms with Gasteiger partial charge in [0, 0.05) is 25.2 Å². The van der Waals surface area contributed by atoms with Gasteiger partial charge in [0.05, 0.1) is 29.5 Å². The van der Waals surface area contributed by atoms with Crippen LogP contribution < -0.4 is 10.9 Å². The van der Waals surface area contributed by atoms with E-state index in [9.17, 15) is 14.4 Å². The molecule has 1 aromatic carbocycles. The molecule has 0 saturated carbocycles. The van der Waals surface area contributed by atoms with Gasteiger partial charge >= 0.3 is 0 Å². The van der Waals surface area contributed by atoms with Crippen LogP contribution in [0.25, 0.3) is 10.9 Å². The summed E-state index contributed by atoms with van der Waals surface area (Å²) >= 11 is 1.30. The smallest absolute Gasteiger partial charge is 0.262 e. The molecule has 0 unspecified atom stereocenters. The summed E-state index contributed by atoms with van der Waals surface area (Å²) < 4.78 is 6.93. The van der Waals surface area contributed by atoms with Crippen LogP contribution in [0, 0.1) is 0 Å². The van der Waals surface area contributed by atoms with Crippen molar-refractivity contribution in [1.29, 1.82) is 0 Å². The summed E-state index contributed by atoms with van der Waals surface area (Å²) in [6.45, 7) is 4.54. The van der Waals surface area contributed by atoms with Crippen molar-refractivity contribution in [3.05, 3.63) is 58.3 Å². The van der Waals surface area contributed by atoms with Crippen LogP contribution in [0.5, 0.6) is 0 Å². The van der Waals surface area contributed by atoms with E-state index in [1.807, 2.05) is 4.90 Å². The number of hydrogen-bond acceptors (Lipinski definition) is 6. The minimum absolute atomic E-state index is 0.0722. The molecule has 0 aliphatic carbocycles. The van der Waals surface area contributed by atoms with Crippen molar-refractivity contribution >= 4 is 34.5 Å². The third-order valence-electron chi connectivity index (χ3n) is 5.95.